The van der Waals surface area contributed by atoms with E-state index < -0.39 is 11.7 Å². The monoisotopic (exact) mass is 291 g/mol. The van der Waals surface area contributed by atoms with Gasteiger partial charge in [-0.2, -0.15) is 5.10 Å². The molecule has 0 fully saturated rings. The Hall–Kier alpha value is -2.74. The highest BCUT2D eigenvalue weighted by molar-refractivity contribution is 5.94. The van der Waals surface area contributed by atoms with Crippen LogP contribution in [0.4, 0.5) is 4.39 Å². The van der Waals surface area contributed by atoms with Gasteiger partial charge in [-0.05, 0) is 24.3 Å². The molecule has 0 saturated heterocycles. The van der Waals surface area contributed by atoms with E-state index >= 15 is 0 Å². The Labute approximate surface area is 119 Å². The molecule has 8 heteroatoms. The van der Waals surface area contributed by atoms with Crippen LogP contribution in [0.5, 0.6) is 0 Å². The highest BCUT2D eigenvalue weighted by Gasteiger charge is 2.11. The third-order valence-corrected chi connectivity index (χ3v) is 2.87. The fourth-order valence-corrected chi connectivity index (χ4v) is 1.79. The summed E-state index contributed by atoms with van der Waals surface area (Å²) in [5.41, 5.74) is 2.72. The van der Waals surface area contributed by atoms with Crippen molar-refractivity contribution in [3.8, 4) is 0 Å². The van der Waals surface area contributed by atoms with Gasteiger partial charge in [-0.15, -0.1) is 0 Å². The number of nitrogens with one attached hydrogen (secondary N) is 2. The number of nitrogens with two attached hydrogens (primary N) is 1. The zero-order valence-electron chi connectivity index (χ0n) is 11.3. The number of hydrazine groups is 1. The lowest BCUT2D eigenvalue weighted by Gasteiger charge is -2.06. The van der Waals surface area contributed by atoms with E-state index in [1.54, 1.807) is 6.20 Å². The molecule has 0 radical (unpaired) electrons. The largest absolute Gasteiger partial charge is 0.354 e. The summed E-state index contributed by atoms with van der Waals surface area (Å²) in [6, 6.07) is 5.43. The van der Waals surface area contributed by atoms with Gasteiger partial charge in [0.2, 0.25) is 0 Å². The van der Waals surface area contributed by atoms with Gasteiger partial charge in [-0.1, -0.05) is 0 Å². The van der Waals surface area contributed by atoms with Gasteiger partial charge in [-0.25, -0.2) is 10.2 Å². The summed E-state index contributed by atoms with van der Waals surface area (Å²) < 4.78 is 15.2. The van der Waals surface area contributed by atoms with Crippen LogP contribution < -0.4 is 16.6 Å². The fraction of sp³-hybridized carbons (Fsp3) is 0.154. The van der Waals surface area contributed by atoms with Gasteiger partial charge in [-0.3, -0.25) is 19.7 Å². The van der Waals surface area contributed by atoms with Crippen LogP contribution in [-0.2, 0) is 6.54 Å². The summed E-state index contributed by atoms with van der Waals surface area (Å²) in [7, 11) is 1.50. The molecule has 0 aliphatic carbocycles. The number of carbonyl (C=O) groups is 2. The van der Waals surface area contributed by atoms with E-state index in [0.29, 0.717) is 0 Å². The summed E-state index contributed by atoms with van der Waals surface area (Å²) >= 11 is 0. The predicted octanol–water partition coefficient (Wildman–Crippen LogP) is 0.0336. The predicted molar refractivity (Wildman–Crippen MR) is 72.8 cm³/mol. The number of aromatic nitrogens is 2. The molecule has 7 nitrogen and oxygen atoms in total. The zero-order chi connectivity index (χ0) is 15.4. The van der Waals surface area contributed by atoms with Gasteiger partial charge in [0.05, 0.1) is 6.54 Å². The quantitative estimate of drug-likeness (QED) is 0.420. The van der Waals surface area contributed by atoms with Crippen LogP contribution >= 0.6 is 0 Å². The first-order valence-electron chi connectivity index (χ1n) is 6.10. The van der Waals surface area contributed by atoms with Crippen molar-refractivity contribution in [1.29, 1.82) is 0 Å². The lowest BCUT2D eigenvalue weighted by Crippen LogP contribution is -2.30. The first kappa shape index (κ1) is 14.7. The molecule has 0 aliphatic rings. The van der Waals surface area contributed by atoms with Crippen molar-refractivity contribution in [3.05, 3.63) is 53.1 Å². The molecule has 0 bridgehead atoms. The lowest BCUT2D eigenvalue weighted by molar-refractivity contribution is 0.0947. The highest BCUT2D eigenvalue weighted by Crippen LogP contribution is 2.12. The summed E-state index contributed by atoms with van der Waals surface area (Å²) in [6.07, 6.45) is 1.56. The Morgan fingerprint density at radius 1 is 1.33 bits per heavy atom. The molecule has 0 aliphatic heterocycles. The Balaban J connectivity index is 2.24. The number of benzene rings is 1. The van der Waals surface area contributed by atoms with Crippen molar-refractivity contribution >= 4 is 11.8 Å². The summed E-state index contributed by atoms with van der Waals surface area (Å²) in [5.74, 6) is 3.73. The van der Waals surface area contributed by atoms with E-state index in [1.165, 1.54) is 36.0 Å². The molecule has 2 amide bonds. The van der Waals surface area contributed by atoms with E-state index in [1.807, 2.05) is 5.43 Å². The van der Waals surface area contributed by atoms with Gasteiger partial charge in [0.25, 0.3) is 11.8 Å². The van der Waals surface area contributed by atoms with Gasteiger partial charge >= 0.3 is 0 Å². The maximum atomic E-state index is 13.8. The topological polar surface area (TPSA) is 102 Å². The third-order valence-electron chi connectivity index (χ3n) is 2.87. The molecule has 0 atom stereocenters. The molecule has 0 saturated carbocycles. The molecule has 2 aromatic rings. The minimum Gasteiger partial charge on any atom is -0.354 e. The van der Waals surface area contributed by atoms with E-state index in [9.17, 15) is 14.0 Å². The van der Waals surface area contributed by atoms with Gasteiger partial charge in [0.15, 0.2) is 0 Å². The van der Waals surface area contributed by atoms with Crippen LogP contribution in [0.2, 0.25) is 0 Å². The molecule has 4 N–H and O–H groups in total. The normalized spacial score (nSPS) is 10.2. The van der Waals surface area contributed by atoms with Crippen LogP contribution in [0.3, 0.4) is 0 Å². The molecule has 1 aromatic heterocycles. The maximum absolute atomic E-state index is 13.8. The minimum absolute atomic E-state index is 0.0918. The molecule has 21 heavy (non-hydrogen) atoms. The molecular formula is C13H14FN5O2. The summed E-state index contributed by atoms with van der Waals surface area (Å²) in [5, 5.41) is 6.47. The average Bonchev–Trinajstić information content (AvgIpc) is 2.96. The standard InChI is InChI=1S/C13H14FN5O2/c1-16-13(21)11-4-5-19(18-11)7-9-6-8(12(20)17-15)2-3-10(9)14/h2-6H,7,15H2,1H3,(H,16,21)(H,17,20). The average molecular weight is 291 g/mol. The Morgan fingerprint density at radius 3 is 2.76 bits per heavy atom. The van der Waals surface area contributed by atoms with Crippen LogP contribution in [-0.4, -0.2) is 28.6 Å². The van der Waals surface area contributed by atoms with Crippen molar-refractivity contribution in [1.82, 2.24) is 20.5 Å². The summed E-state index contributed by atoms with van der Waals surface area (Å²) in [6.45, 7) is 0.0918. The first-order chi connectivity index (χ1) is 10.0. The van der Waals surface area contributed by atoms with E-state index in [0.717, 1.165) is 0 Å². The van der Waals surface area contributed by atoms with Gasteiger partial charge < -0.3 is 5.32 Å². The highest BCUT2D eigenvalue weighted by atomic mass is 19.1. The fourth-order valence-electron chi connectivity index (χ4n) is 1.79. The minimum atomic E-state index is -0.511. The molecule has 110 valence electrons. The molecule has 1 aromatic carbocycles. The summed E-state index contributed by atoms with van der Waals surface area (Å²) in [4.78, 5) is 22.8. The Morgan fingerprint density at radius 2 is 2.10 bits per heavy atom. The third kappa shape index (κ3) is 3.23. The van der Waals surface area contributed by atoms with Gasteiger partial charge in [0.1, 0.15) is 11.5 Å². The van der Waals surface area contributed by atoms with Crippen molar-refractivity contribution in [2.75, 3.05) is 7.05 Å². The van der Waals surface area contributed by atoms with E-state index in [-0.39, 0.29) is 29.3 Å². The van der Waals surface area contributed by atoms with Crippen molar-refractivity contribution in [3.63, 3.8) is 0 Å². The van der Waals surface area contributed by atoms with Crippen molar-refractivity contribution in [2.24, 2.45) is 5.84 Å². The smallest absolute Gasteiger partial charge is 0.271 e. The second-order valence-corrected chi connectivity index (χ2v) is 4.26. The van der Waals surface area contributed by atoms with E-state index in [4.69, 9.17) is 5.84 Å². The molecule has 0 spiro atoms. The molecule has 2 rings (SSSR count). The number of halogens is 1. The van der Waals surface area contributed by atoms with Gasteiger partial charge in [0, 0.05) is 24.4 Å². The molecular weight excluding hydrogens is 277 g/mol. The van der Waals surface area contributed by atoms with Crippen LogP contribution in [0, 0.1) is 5.82 Å². The van der Waals surface area contributed by atoms with Crippen LogP contribution in [0.25, 0.3) is 0 Å². The first-order valence-corrected chi connectivity index (χ1v) is 6.10. The number of hydrogen-bond acceptors (Lipinski definition) is 4. The number of amides is 2. The van der Waals surface area contributed by atoms with Crippen molar-refractivity contribution < 1.29 is 14.0 Å². The van der Waals surface area contributed by atoms with Crippen LogP contribution in [0.1, 0.15) is 26.4 Å². The number of hydrogen-bond donors (Lipinski definition) is 3. The SMILES string of the molecule is CNC(=O)c1ccn(Cc2cc(C(=O)NN)ccc2F)n1. The molecule has 1 heterocycles. The van der Waals surface area contributed by atoms with Crippen molar-refractivity contribution in [2.45, 2.75) is 6.54 Å². The zero-order valence-corrected chi connectivity index (χ0v) is 11.3. The number of carbonyl (C=O) groups excluding carboxylic acids is 2. The second-order valence-electron chi connectivity index (χ2n) is 4.26. The van der Waals surface area contributed by atoms with E-state index in [2.05, 4.69) is 10.4 Å². The number of rotatable bonds is 4. The maximum Gasteiger partial charge on any atom is 0.271 e. The van der Waals surface area contributed by atoms with Crippen LogP contribution in [0.15, 0.2) is 30.5 Å². The lowest BCUT2D eigenvalue weighted by atomic mass is 10.1. The molecule has 0 unspecified atom stereocenters. The second kappa shape index (κ2) is 6.14. The number of nitrogens with zero attached hydrogens (tertiary/aromatic N) is 2. The Bertz CT molecular complexity index is 683. The number of nitrogen functional groups attached to an aromatic ring is 1. The Kier molecular flexibility index (Phi) is 4.29.